The first-order chi connectivity index (χ1) is 7.38. The van der Waals surface area contributed by atoms with Crippen LogP contribution in [0.4, 0.5) is 0 Å². The molecular formula is C13H27NO2. The molecule has 0 fully saturated rings. The Morgan fingerprint density at radius 1 is 1.00 bits per heavy atom. The van der Waals surface area contributed by atoms with Crippen LogP contribution in [-0.4, -0.2) is 37.1 Å². The fourth-order valence-electron chi connectivity index (χ4n) is 1.25. The van der Waals surface area contributed by atoms with E-state index >= 15 is 0 Å². The van der Waals surface area contributed by atoms with Crippen LogP contribution < -0.4 is 0 Å². The largest absolute Gasteiger partial charge is 0.309 e. The van der Waals surface area contributed by atoms with E-state index < -0.39 is 0 Å². The Bertz CT molecular complexity index is 194. The summed E-state index contributed by atoms with van der Waals surface area (Å²) in [4.78, 5) is 23.2. The topological polar surface area (TPSA) is 37.4 Å². The molecule has 0 saturated carbocycles. The molecule has 0 spiro atoms. The van der Waals surface area contributed by atoms with Crippen LogP contribution in [0, 0.1) is 5.92 Å². The first kappa shape index (κ1) is 17.7. The third-order valence-electron chi connectivity index (χ3n) is 2.33. The van der Waals surface area contributed by atoms with E-state index in [0.29, 0.717) is 30.8 Å². The highest BCUT2D eigenvalue weighted by Gasteiger charge is 2.10. The molecule has 0 rings (SSSR count). The molecule has 0 aromatic carbocycles. The first-order valence-corrected chi connectivity index (χ1v) is 6.08. The summed E-state index contributed by atoms with van der Waals surface area (Å²) in [5.41, 5.74) is 0. The zero-order chi connectivity index (χ0) is 13.1. The normalized spacial score (nSPS) is 11.7. The lowest BCUT2D eigenvalue weighted by Crippen LogP contribution is -2.25. The van der Waals surface area contributed by atoms with Crippen molar-refractivity contribution in [2.75, 3.05) is 20.6 Å². The predicted molar refractivity (Wildman–Crippen MR) is 68.6 cm³/mol. The molecular weight excluding hydrogens is 202 g/mol. The summed E-state index contributed by atoms with van der Waals surface area (Å²) >= 11 is 0. The maximum Gasteiger partial charge on any atom is 0.136 e. The van der Waals surface area contributed by atoms with E-state index in [-0.39, 0.29) is 5.92 Å². The van der Waals surface area contributed by atoms with Gasteiger partial charge in [0, 0.05) is 31.7 Å². The number of rotatable bonds is 6. The van der Waals surface area contributed by atoms with Gasteiger partial charge in [0.15, 0.2) is 0 Å². The van der Waals surface area contributed by atoms with E-state index in [2.05, 4.69) is 0 Å². The van der Waals surface area contributed by atoms with E-state index in [1.165, 1.54) is 0 Å². The number of ketones is 2. The van der Waals surface area contributed by atoms with Gasteiger partial charge >= 0.3 is 0 Å². The van der Waals surface area contributed by atoms with Crippen molar-refractivity contribution in [1.82, 2.24) is 4.90 Å². The highest BCUT2D eigenvalue weighted by Crippen LogP contribution is 2.00. The Morgan fingerprint density at radius 3 is 1.62 bits per heavy atom. The standard InChI is InChI=1S/C8H17NO.C5H10O/c1-5-8(10)7(2)6-9(3)4;1-3-5(6)4-2/h7H,5-6H2,1-4H3;3-4H2,1-2H3. The lowest BCUT2D eigenvalue weighted by molar-refractivity contribution is -0.122. The quantitative estimate of drug-likeness (QED) is 0.702. The molecule has 0 aliphatic carbocycles. The van der Waals surface area contributed by atoms with Crippen LogP contribution in [0.2, 0.25) is 0 Å². The van der Waals surface area contributed by atoms with Crippen LogP contribution in [0.25, 0.3) is 0 Å². The second-order valence-corrected chi connectivity index (χ2v) is 4.23. The lowest BCUT2D eigenvalue weighted by atomic mass is 10.0. The van der Waals surface area contributed by atoms with Gasteiger partial charge in [-0.15, -0.1) is 0 Å². The monoisotopic (exact) mass is 229 g/mol. The first-order valence-electron chi connectivity index (χ1n) is 6.08. The van der Waals surface area contributed by atoms with Crippen LogP contribution in [-0.2, 0) is 9.59 Å². The van der Waals surface area contributed by atoms with Crippen molar-refractivity contribution >= 4 is 11.6 Å². The highest BCUT2D eigenvalue weighted by molar-refractivity contribution is 5.80. The molecule has 0 radical (unpaired) electrons. The summed E-state index contributed by atoms with van der Waals surface area (Å²) < 4.78 is 0. The van der Waals surface area contributed by atoms with Crippen molar-refractivity contribution in [3.63, 3.8) is 0 Å². The van der Waals surface area contributed by atoms with Crippen LogP contribution in [0.1, 0.15) is 47.0 Å². The molecule has 1 atom stereocenters. The molecule has 0 aromatic rings. The second kappa shape index (κ2) is 10.8. The van der Waals surface area contributed by atoms with Gasteiger partial charge in [-0.3, -0.25) is 9.59 Å². The van der Waals surface area contributed by atoms with Gasteiger partial charge in [-0.1, -0.05) is 27.7 Å². The van der Waals surface area contributed by atoms with E-state index in [9.17, 15) is 9.59 Å². The second-order valence-electron chi connectivity index (χ2n) is 4.23. The van der Waals surface area contributed by atoms with Crippen molar-refractivity contribution in [3.05, 3.63) is 0 Å². The SMILES string of the molecule is CCC(=O)C(C)CN(C)C.CCC(=O)CC. The van der Waals surface area contributed by atoms with Gasteiger partial charge in [0.25, 0.3) is 0 Å². The summed E-state index contributed by atoms with van der Waals surface area (Å²) in [7, 11) is 3.97. The van der Waals surface area contributed by atoms with E-state index in [1.54, 1.807) is 0 Å². The van der Waals surface area contributed by atoms with Gasteiger partial charge in [0.1, 0.15) is 11.6 Å². The molecule has 0 N–H and O–H groups in total. The maximum absolute atomic E-state index is 11.0. The number of hydrogen-bond donors (Lipinski definition) is 0. The average molecular weight is 229 g/mol. The molecule has 0 bridgehead atoms. The Balaban J connectivity index is 0. The van der Waals surface area contributed by atoms with Gasteiger partial charge in [0.2, 0.25) is 0 Å². The Morgan fingerprint density at radius 2 is 1.44 bits per heavy atom. The molecule has 96 valence electrons. The lowest BCUT2D eigenvalue weighted by Gasteiger charge is -2.14. The Hall–Kier alpha value is -0.700. The van der Waals surface area contributed by atoms with Crippen LogP contribution >= 0.6 is 0 Å². The van der Waals surface area contributed by atoms with Crippen molar-refractivity contribution in [2.45, 2.75) is 47.0 Å². The van der Waals surface area contributed by atoms with Gasteiger partial charge in [-0.25, -0.2) is 0 Å². The summed E-state index contributed by atoms with van der Waals surface area (Å²) in [5.74, 6) is 0.892. The number of hydrogen-bond acceptors (Lipinski definition) is 3. The smallest absolute Gasteiger partial charge is 0.136 e. The molecule has 1 unspecified atom stereocenters. The fourth-order valence-corrected chi connectivity index (χ4v) is 1.25. The summed E-state index contributed by atoms with van der Waals surface area (Å²) in [6.45, 7) is 8.52. The minimum Gasteiger partial charge on any atom is -0.309 e. The minimum atomic E-state index is 0.194. The van der Waals surface area contributed by atoms with Crippen LogP contribution in [0.5, 0.6) is 0 Å². The van der Waals surface area contributed by atoms with Crippen molar-refractivity contribution in [2.24, 2.45) is 5.92 Å². The molecule has 0 saturated heterocycles. The molecule has 3 heteroatoms. The summed E-state index contributed by atoms with van der Waals surface area (Å²) in [5, 5.41) is 0. The fraction of sp³-hybridized carbons (Fsp3) is 0.846. The third kappa shape index (κ3) is 11.4. The van der Waals surface area contributed by atoms with Crippen molar-refractivity contribution in [1.29, 1.82) is 0 Å². The zero-order valence-electron chi connectivity index (χ0n) is 11.7. The molecule has 3 nitrogen and oxygen atoms in total. The Labute approximate surface area is 100 Å². The predicted octanol–water partition coefficient (Wildman–Crippen LogP) is 2.54. The van der Waals surface area contributed by atoms with E-state index in [4.69, 9.17) is 0 Å². The zero-order valence-corrected chi connectivity index (χ0v) is 11.7. The molecule has 0 amide bonds. The van der Waals surface area contributed by atoms with Gasteiger partial charge in [-0.05, 0) is 14.1 Å². The number of carbonyl (C=O) groups excluding carboxylic acids is 2. The van der Waals surface area contributed by atoms with Crippen LogP contribution in [0.3, 0.4) is 0 Å². The van der Waals surface area contributed by atoms with Crippen molar-refractivity contribution in [3.8, 4) is 0 Å². The Kier molecular flexibility index (Phi) is 11.9. The highest BCUT2D eigenvalue weighted by atomic mass is 16.1. The molecule has 16 heavy (non-hydrogen) atoms. The van der Waals surface area contributed by atoms with E-state index in [0.717, 1.165) is 6.54 Å². The third-order valence-corrected chi connectivity index (χ3v) is 2.33. The minimum absolute atomic E-state index is 0.194. The van der Waals surface area contributed by atoms with Crippen LogP contribution in [0.15, 0.2) is 0 Å². The summed E-state index contributed by atoms with van der Waals surface area (Å²) in [6, 6.07) is 0. The van der Waals surface area contributed by atoms with Gasteiger partial charge in [0.05, 0.1) is 0 Å². The molecule has 0 aliphatic heterocycles. The molecule has 0 aliphatic rings. The number of nitrogens with zero attached hydrogens (tertiary/aromatic N) is 1. The average Bonchev–Trinajstić information content (AvgIpc) is 2.26. The molecule has 0 aromatic heterocycles. The van der Waals surface area contributed by atoms with Gasteiger partial charge < -0.3 is 4.90 Å². The van der Waals surface area contributed by atoms with E-state index in [1.807, 2.05) is 46.7 Å². The number of carbonyl (C=O) groups is 2. The molecule has 0 heterocycles. The van der Waals surface area contributed by atoms with Crippen molar-refractivity contribution < 1.29 is 9.59 Å². The number of Topliss-reactive ketones (excluding diaryl/α,β-unsaturated/α-hetero) is 2. The summed E-state index contributed by atoms with van der Waals surface area (Å²) in [6.07, 6.45) is 2.04. The van der Waals surface area contributed by atoms with Gasteiger partial charge in [-0.2, -0.15) is 0 Å². The maximum atomic E-state index is 11.0.